The molecule has 1 fully saturated rings. The summed E-state index contributed by atoms with van der Waals surface area (Å²) in [6.45, 7) is 4.14. The molecule has 204 valence electrons. The lowest BCUT2D eigenvalue weighted by molar-refractivity contribution is -0.141. The lowest BCUT2D eigenvalue weighted by Gasteiger charge is -2.34. The minimum Gasteiger partial charge on any atom is -0.497 e. The molecule has 0 saturated carbocycles. The van der Waals surface area contributed by atoms with Crippen molar-refractivity contribution in [3.8, 4) is 5.75 Å². The Bertz CT molecular complexity index is 1300. The third-order valence-corrected chi connectivity index (χ3v) is 8.04. The first kappa shape index (κ1) is 26.7. The van der Waals surface area contributed by atoms with E-state index in [4.69, 9.17) is 14.6 Å². The van der Waals surface area contributed by atoms with Crippen LogP contribution in [0.1, 0.15) is 37.3 Å². The number of hydrogen-bond donors (Lipinski definition) is 0. The summed E-state index contributed by atoms with van der Waals surface area (Å²) in [4.78, 5) is 14.7. The molecule has 1 saturated heterocycles. The van der Waals surface area contributed by atoms with Crippen LogP contribution in [0.3, 0.4) is 0 Å². The molecule has 39 heavy (non-hydrogen) atoms. The molecule has 2 heterocycles. The van der Waals surface area contributed by atoms with Crippen LogP contribution < -0.4 is 14.6 Å². The van der Waals surface area contributed by atoms with Crippen molar-refractivity contribution in [2.45, 2.75) is 38.6 Å². The molecule has 0 bridgehead atoms. The van der Waals surface area contributed by atoms with Crippen LogP contribution in [0.5, 0.6) is 5.75 Å². The molecule has 2 aliphatic heterocycles. The van der Waals surface area contributed by atoms with Crippen LogP contribution in [0.2, 0.25) is 0 Å². The van der Waals surface area contributed by atoms with Gasteiger partial charge in [0.1, 0.15) is 11.6 Å². The zero-order valence-corrected chi connectivity index (χ0v) is 22.8. The van der Waals surface area contributed by atoms with Crippen LogP contribution in [0, 0.1) is 17.7 Å². The third-order valence-electron chi connectivity index (χ3n) is 8.04. The highest BCUT2D eigenvalue weighted by molar-refractivity contribution is 6.05. The number of carbonyl (C=O) groups excluding carboxylic acids is 1. The van der Waals surface area contributed by atoms with Crippen molar-refractivity contribution in [2.24, 2.45) is 16.9 Å². The molecule has 0 amide bonds. The smallest absolute Gasteiger partial charge is 0.307 e. The van der Waals surface area contributed by atoms with Gasteiger partial charge in [-0.05, 0) is 72.7 Å². The lowest BCUT2D eigenvalue weighted by atomic mass is 9.89. The predicted octanol–water partition coefficient (Wildman–Crippen LogP) is 6.09. The Morgan fingerprint density at radius 1 is 0.974 bits per heavy atom. The van der Waals surface area contributed by atoms with Crippen LogP contribution in [0.4, 0.5) is 15.8 Å². The van der Waals surface area contributed by atoms with Gasteiger partial charge >= 0.3 is 5.97 Å². The van der Waals surface area contributed by atoms with E-state index in [0.29, 0.717) is 5.92 Å². The fraction of sp³-hybridized carbons (Fsp3) is 0.375. The molecule has 0 aromatic heterocycles. The highest BCUT2D eigenvalue weighted by Gasteiger charge is 2.37. The normalized spacial score (nSPS) is 19.6. The van der Waals surface area contributed by atoms with E-state index in [-0.39, 0.29) is 30.2 Å². The number of carbonyl (C=O) groups is 1. The molecule has 0 N–H and O–H groups in total. The largest absolute Gasteiger partial charge is 0.497 e. The molecule has 2 unspecified atom stereocenters. The predicted molar refractivity (Wildman–Crippen MR) is 153 cm³/mol. The van der Waals surface area contributed by atoms with Gasteiger partial charge in [-0.3, -0.25) is 9.80 Å². The van der Waals surface area contributed by atoms with Crippen LogP contribution in [-0.4, -0.2) is 45.0 Å². The van der Waals surface area contributed by atoms with Gasteiger partial charge in [-0.25, -0.2) is 4.39 Å². The van der Waals surface area contributed by atoms with E-state index in [1.54, 1.807) is 19.2 Å². The summed E-state index contributed by atoms with van der Waals surface area (Å²) in [7, 11) is 3.11. The van der Waals surface area contributed by atoms with E-state index in [1.807, 2.05) is 17.1 Å². The molecule has 3 aromatic carbocycles. The highest BCUT2D eigenvalue weighted by atomic mass is 19.1. The number of esters is 1. The highest BCUT2D eigenvalue weighted by Crippen LogP contribution is 2.34. The second kappa shape index (κ2) is 11.9. The minimum absolute atomic E-state index is 0.0241. The average molecular weight is 530 g/mol. The maximum atomic E-state index is 13.5. The van der Waals surface area contributed by atoms with Gasteiger partial charge in [-0.1, -0.05) is 37.3 Å². The summed E-state index contributed by atoms with van der Waals surface area (Å²) >= 11 is 0. The van der Waals surface area contributed by atoms with E-state index in [0.717, 1.165) is 55.1 Å². The molecule has 7 heteroatoms. The Balaban J connectivity index is 1.26. The first-order valence-electron chi connectivity index (χ1n) is 13.6. The SMILES string of the molecule is COC(=O)CC1C(C)C(c2ccc(F)cc2)=NN1c1ccc(CC2CCN(c3cccc(OC)c3)CC2)cc1. The molecular formula is C32H36FN3O3. The number of benzene rings is 3. The summed E-state index contributed by atoms with van der Waals surface area (Å²) in [6.07, 6.45) is 3.56. The van der Waals surface area contributed by atoms with Crippen molar-refractivity contribution < 1.29 is 18.7 Å². The first-order chi connectivity index (χ1) is 18.9. The van der Waals surface area contributed by atoms with Crippen LogP contribution in [0.25, 0.3) is 0 Å². The summed E-state index contributed by atoms with van der Waals surface area (Å²) in [5, 5.41) is 6.84. The monoisotopic (exact) mass is 529 g/mol. The second-order valence-corrected chi connectivity index (χ2v) is 10.5. The van der Waals surface area contributed by atoms with Crippen molar-refractivity contribution in [3.05, 3.63) is 89.7 Å². The van der Waals surface area contributed by atoms with Gasteiger partial charge < -0.3 is 14.4 Å². The van der Waals surface area contributed by atoms with Gasteiger partial charge in [0.05, 0.1) is 38.1 Å². The Labute approximate surface area is 230 Å². The zero-order chi connectivity index (χ0) is 27.4. The van der Waals surface area contributed by atoms with Crippen molar-refractivity contribution in [2.75, 3.05) is 37.2 Å². The van der Waals surface area contributed by atoms with Crippen molar-refractivity contribution >= 4 is 23.1 Å². The zero-order valence-electron chi connectivity index (χ0n) is 22.8. The van der Waals surface area contributed by atoms with Gasteiger partial charge in [0.25, 0.3) is 0 Å². The summed E-state index contributed by atoms with van der Waals surface area (Å²) in [5.74, 6) is 0.951. The standard InChI is InChI=1S/C32H36FN3O3/c1-22-30(21-31(37)39-3)36(34-32(22)25-9-11-26(33)12-10-25)27-13-7-23(8-14-27)19-24-15-17-35(18-16-24)28-5-4-6-29(20-28)38-2/h4-14,20,22,24,30H,15-19,21H2,1-3H3. The summed E-state index contributed by atoms with van der Waals surface area (Å²) in [5.41, 5.74) is 5.16. The molecule has 6 nitrogen and oxygen atoms in total. The van der Waals surface area contributed by atoms with Crippen molar-refractivity contribution in [3.63, 3.8) is 0 Å². The Hall–Kier alpha value is -3.87. The van der Waals surface area contributed by atoms with Gasteiger partial charge in [0.2, 0.25) is 0 Å². The van der Waals surface area contributed by atoms with E-state index in [1.165, 1.54) is 30.5 Å². The van der Waals surface area contributed by atoms with E-state index < -0.39 is 0 Å². The van der Waals surface area contributed by atoms with Crippen LogP contribution in [-0.2, 0) is 16.0 Å². The second-order valence-electron chi connectivity index (χ2n) is 10.5. The maximum Gasteiger partial charge on any atom is 0.307 e. The molecular weight excluding hydrogens is 493 g/mol. The molecule has 5 rings (SSSR count). The number of anilines is 2. The molecule has 0 spiro atoms. The number of methoxy groups -OCH3 is 2. The lowest BCUT2D eigenvalue weighted by Crippen LogP contribution is -2.35. The van der Waals surface area contributed by atoms with Gasteiger partial charge in [0.15, 0.2) is 0 Å². The van der Waals surface area contributed by atoms with Gasteiger partial charge in [-0.15, -0.1) is 0 Å². The Morgan fingerprint density at radius 2 is 1.69 bits per heavy atom. The number of hydrazone groups is 1. The van der Waals surface area contributed by atoms with Gasteiger partial charge in [0, 0.05) is 30.8 Å². The van der Waals surface area contributed by atoms with E-state index in [9.17, 15) is 9.18 Å². The number of halogens is 1. The maximum absolute atomic E-state index is 13.5. The number of piperidine rings is 1. The van der Waals surface area contributed by atoms with E-state index in [2.05, 4.69) is 48.2 Å². The fourth-order valence-corrected chi connectivity index (χ4v) is 5.70. The fourth-order valence-electron chi connectivity index (χ4n) is 5.70. The van der Waals surface area contributed by atoms with Crippen molar-refractivity contribution in [1.82, 2.24) is 0 Å². The topological polar surface area (TPSA) is 54.4 Å². The summed E-state index contributed by atoms with van der Waals surface area (Å²) in [6, 6.07) is 23.0. The minimum atomic E-state index is -0.283. The number of hydrogen-bond acceptors (Lipinski definition) is 6. The number of rotatable bonds is 8. The third kappa shape index (κ3) is 6.08. The van der Waals surface area contributed by atoms with E-state index >= 15 is 0 Å². The Kier molecular flexibility index (Phi) is 8.15. The van der Waals surface area contributed by atoms with Crippen LogP contribution in [0.15, 0.2) is 77.9 Å². The molecule has 2 aliphatic rings. The average Bonchev–Trinajstić information content (AvgIpc) is 3.29. The number of ether oxygens (including phenoxy) is 2. The van der Waals surface area contributed by atoms with Crippen LogP contribution >= 0.6 is 0 Å². The molecule has 0 radical (unpaired) electrons. The summed E-state index contributed by atoms with van der Waals surface area (Å²) < 4.78 is 23.9. The molecule has 2 atom stereocenters. The molecule has 0 aliphatic carbocycles. The van der Waals surface area contributed by atoms with Gasteiger partial charge in [-0.2, -0.15) is 5.10 Å². The quantitative estimate of drug-likeness (QED) is 0.331. The van der Waals surface area contributed by atoms with Crippen molar-refractivity contribution in [1.29, 1.82) is 0 Å². The molecule has 3 aromatic rings. The number of nitrogens with zero attached hydrogens (tertiary/aromatic N) is 3. The Morgan fingerprint density at radius 3 is 2.36 bits per heavy atom. The first-order valence-corrected chi connectivity index (χ1v) is 13.6.